The van der Waals surface area contributed by atoms with Gasteiger partial charge in [-0.25, -0.2) is 0 Å². The van der Waals surface area contributed by atoms with Gasteiger partial charge in [-0.3, -0.25) is 19.3 Å². The second-order valence-electron chi connectivity index (χ2n) is 10.6. The van der Waals surface area contributed by atoms with E-state index in [1.54, 1.807) is 61.8 Å². The first-order valence-electron chi connectivity index (χ1n) is 14.7. The Kier molecular flexibility index (Phi) is 9.20. The average Bonchev–Trinajstić information content (AvgIpc) is 3.54. The minimum absolute atomic E-state index is 0.0295. The Morgan fingerprint density at radius 2 is 1.75 bits per heavy atom. The Morgan fingerprint density at radius 3 is 2.45 bits per heavy atom. The third kappa shape index (κ3) is 6.87. The zero-order valence-corrected chi connectivity index (χ0v) is 25.4. The minimum atomic E-state index is -0.311. The molecule has 0 aliphatic heterocycles. The summed E-state index contributed by atoms with van der Waals surface area (Å²) in [7, 11) is 1.71. The number of aromatic nitrogens is 3. The molecule has 226 valence electrons. The van der Waals surface area contributed by atoms with Gasteiger partial charge in [0.2, 0.25) is 0 Å². The molecule has 5 rings (SSSR count). The lowest BCUT2D eigenvalue weighted by molar-refractivity contribution is 0.101. The van der Waals surface area contributed by atoms with E-state index < -0.39 is 0 Å². The number of fused-ring (bicyclic) bond motifs is 1. The number of hydrogen-bond acceptors (Lipinski definition) is 7. The number of amides is 1. The summed E-state index contributed by atoms with van der Waals surface area (Å²) in [5.74, 6) is -0.554. The van der Waals surface area contributed by atoms with Crippen LogP contribution in [-0.4, -0.2) is 68.9 Å². The maximum atomic E-state index is 13.4. The van der Waals surface area contributed by atoms with E-state index in [1.165, 1.54) is 4.68 Å². The van der Waals surface area contributed by atoms with Crippen molar-refractivity contribution in [3.63, 3.8) is 0 Å². The average molecular weight is 592 g/mol. The van der Waals surface area contributed by atoms with Crippen molar-refractivity contribution >= 4 is 45.9 Å². The third-order valence-electron chi connectivity index (χ3n) is 7.56. The summed E-state index contributed by atoms with van der Waals surface area (Å²) >= 11 is 0. The van der Waals surface area contributed by atoms with Gasteiger partial charge in [-0.1, -0.05) is 38.1 Å². The van der Waals surface area contributed by atoms with E-state index >= 15 is 0 Å². The Bertz CT molecular complexity index is 1810. The molecule has 10 nitrogen and oxygen atoms in total. The number of aromatic amines is 1. The van der Waals surface area contributed by atoms with Gasteiger partial charge in [0.05, 0.1) is 16.9 Å². The largest absolute Gasteiger partial charge is 0.494 e. The monoisotopic (exact) mass is 591 g/mol. The van der Waals surface area contributed by atoms with Crippen LogP contribution < -0.4 is 10.6 Å². The number of hydrogen-bond donors (Lipinski definition) is 4. The van der Waals surface area contributed by atoms with Crippen LogP contribution in [0.25, 0.3) is 10.9 Å². The third-order valence-corrected chi connectivity index (χ3v) is 7.56. The van der Waals surface area contributed by atoms with E-state index in [0.717, 1.165) is 48.6 Å². The molecule has 0 aliphatic rings. The first kappa shape index (κ1) is 30.2. The fraction of sp³-hybridized carbons (Fsp3) is 0.235. The van der Waals surface area contributed by atoms with Crippen LogP contribution in [0.15, 0.2) is 77.8 Å². The molecule has 4 N–H and O–H groups in total. The Hall–Kier alpha value is -5.22. The van der Waals surface area contributed by atoms with E-state index in [0.29, 0.717) is 33.6 Å². The van der Waals surface area contributed by atoms with Crippen LogP contribution >= 0.6 is 0 Å². The van der Waals surface area contributed by atoms with E-state index in [1.807, 2.05) is 31.2 Å². The minimum Gasteiger partial charge on any atom is -0.494 e. The molecular formula is C34H37N7O3. The first-order chi connectivity index (χ1) is 21.2. The molecule has 0 atom stereocenters. The fourth-order valence-electron chi connectivity index (χ4n) is 5.10. The van der Waals surface area contributed by atoms with Crippen molar-refractivity contribution in [1.82, 2.24) is 19.7 Å². The molecule has 44 heavy (non-hydrogen) atoms. The van der Waals surface area contributed by atoms with E-state index in [-0.39, 0.29) is 17.6 Å². The number of likely N-dealkylation sites (N-methyl/N-ethyl adjacent to an activating group) is 1. The standard InChI is InChI=1S/C34H37N7O3/c1-5-41(6-2)17-16-35-25-11-13-26(14-12-25)36-21-29-28-15-10-24(20-30(28)38-33(29)43)32(42)23-8-7-9-27(19-23)37-34(44)31-18-22(3)39-40(31)4/h7-15,18-21,35,38,43H,5-6,16-17H2,1-4H3,(H,37,44). The van der Waals surface area contributed by atoms with Crippen molar-refractivity contribution in [2.45, 2.75) is 20.8 Å². The molecule has 0 fully saturated rings. The number of aliphatic imine (C=N–C) groups is 1. The number of aryl methyl sites for hydroxylation is 2. The molecule has 2 heterocycles. The van der Waals surface area contributed by atoms with Gasteiger partial charge >= 0.3 is 0 Å². The highest BCUT2D eigenvalue weighted by atomic mass is 16.3. The van der Waals surface area contributed by atoms with E-state index in [9.17, 15) is 14.7 Å². The summed E-state index contributed by atoms with van der Waals surface area (Å²) in [5.41, 5.74) is 5.46. The van der Waals surface area contributed by atoms with Gasteiger partial charge in [-0.2, -0.15) is 5.10 Å². The molecule has 5 aromatic rings. The number of aromatic hydroxyl groups is 1. The van der Waals surface area contributed by atoms with Crippen molar-refractivity contribution in [1.29, 1.82) is 0 Å². The maximum Gasteiger partial charge on any atom is 0.273 e. The van der Waals surface area contributed by atoms with Crippen LogP contribution in [-0.2, 0) is 7.05 Å². The molecule has 0 radical (unpaired) electrons. The quantitative estimate of drug-likeness (QED) is 0.106. The zero-order chi connectivity index (χ0) is 31.2. The van der Waals surface area contributed by atoms with Crippen molar-refractivity contribution < 1.29 is 14.7 Å². The smallest absolute Gasteiger partial charge is 0.273 e. The van der Waals surface area contributed by atoms with Gasteiger partial charge in [0.1, 0.15) is 5.69 Å². The Balaban J connectivity index is 1.27. The zero-order valence-electron chi connectivity index (χ0n) is 25.4. The molecule has 10 heteroatoms. The van der Waals surface area contributed by atoms with Gasteiger partial charge in [-0.05, 0) is 68.5 Å². The molecule has 0 spiro atoms. The first-order valence-corrected chi connectivity index (χ1v) is 14.7. The molecule has 0 unspecified atom stereocenters. The number of rotatable bonds is 12. The lowest BCUT2D eigenvalue weighted by atomic mass is 10.0. The molecule has 0 saturated heterocycles. The number of anilines is 2. The number of nitrogens with zero attached hydrogens (tertiary/aromatic N) is 4. The number of carbonyl (C=O) groups excluding carboxylic acids is 2. The van der Waals surface area contributed by atoms with Gasteiger partial charge in [0.15, 0.2) is 11.7 Å². The molecular weight excluding hydrogens is 554 g/mol. The van der Waals surface area contributed by atoms with Crippen LogP contribution in [0.5, 0.6) is 5.88 Å². The van der Waals surface area contributed by atoms with Crippen LogP contribution in [0.1, 0.15) is 51.5 Å². The van der Waals surface area contributed by atoms with Gasteiger partial charge in [0.25, 0.3) is 5.91 Å². The summed E-state index contributed by atoms with van der Waals surface area (Å²) in [6.07, 6.45) is 1.62. The van der Waals surface area contributed by atoms with Crippen molar-refractivity contribution in [3.05, 3.63) is 101 Å². The predicted octanol–water partition coefficient (Wildman–Crippen LogP) is 5.90. The Labute approximate surface area is 256 Å². The van der Waals surface area contributed by atoms with Crippen LogP contribution in [0, 0.1) is 6.92 Å². The summed E-state index contributed by atoms with van der Waals surface area (Å²) in [6.45, 7) is 10.1. The predicted molar refractivity (Wildman–Crippen MR) is 176 cm³/mol. The molecule has 0 saturated carbocycles. The topological polar surface area (TPSA) is 128 Å². The second kappa shape index (κ2) is 13.4. The van der Waals surface area contributed by atoms with Crippen molar-refractivity contribution in [3.8, 4) is 5.88 Å². The van der Waals surface area contributed by atoms with Crippen LogP contribution in [0.2, 0.25) is 0 Å². The normalized spacial score (nSPS) is 11.5. The summed E-state index contributed by atoms with van der Waals surface area (Å²) in [5, 5.41) is 21.8. The number of carbonyl (C=O) groups is 2. The summed E-state index contributed by atoms with van der Waals surface area (Å²) < 4.78 is 1.52. The lowest BCUT2D eigenvalue weighted by Crippen LogP contribution is -2.28. The van der Waals surface area contributed by atoms with Gasteiger partial charge in [-0.15, -0.1) is 0 Å². The molecule has 2 aromatic heterocycles. The van der Waals surface area contributed by atoms with E-state index in [2.05, 4.69) is 44.5 Å². The van der Waals surface area contributed by atoms with Gasteiger partial charge in [0, 0.05) is 59.8 Å². The fourth-order valence-corrected chi connectivity index (χ4v) is 5.10. The second-order valence-corrected chi connectivity index (χ2v) is 10.6. The van der Waals surface area contributed by atoms with Crippen molar-refractivity contribution in [2.75, 3.05) is 36.8 Å². The van der Waals surface area contributed by atoms with E-state index in [4.69, 9.17) is 0 Å². The maximum absolute atomic E-state index is 13.4. The summed E-state index contributed by atoms with van der Waals surface area (Å²) in [6, 6.07) is 21.5. The van der Waals surface area contributed by atoms with Gasteiger partial charge < -0.3 is 25.6 Å². The summed E-state index contributed by atoms with van der Waals surface area (Å²) in [4.78, 5) is 36.0. The molecule has 0 bridgehead atoms. The number of H-pyrrole nitrogens is 1. The van der Waals surface area contributed by atoms with Crippen LogP contribution in [0.4, 0.5) is 17.1 Å². The lowest BCUT2D eigenvalue weighted by Gasteiger charge is -2.18. The molecule has 0 aliphatic carbocycles. The van der Waals surface area contributed by atoms with Crippen molar-refractivity contribution in [2.24, 2.45) is 12.0 Å². The SMILES string of the molecule is CCN(CC)CCNc1ccc(N=Cc2c(O)[nH]c3cc(C(=O)c4cccc(NC(=O)c5cc(C)nn5C)c4)ccc23)cc1. The number of nitrogens with one attached hydrogen (secondary N) is 3. The number of ketones is 1. The molecule has 3 aromatic carbocycles. The number of benzene rings is 3. The van der Waals surface area contributed by atoms with Crippen LogP contribution in [0.3, 0.4) is 0 Å². The highest BCUT2D eigenvalue weighted by Gasteiger charge is 2.16. The highest BCUT2D eigenvalue weighted by molar-refractivity contribution is 6.13. The Morgan fingerprint density at radius 1 is 1.00 bits per heavy atom. The highest BCUT2D eigenvalue weighted by Crippen LogP contribution is 2.28. The molecule has 1 amide bonds.